The molecule has 6 nitrogen and oxygen atoms in total. The van der Waals surface area contributed by atoms with Crippen LogP contribution in [-0.4, -0.2) is 24.5 Å². The van der Waals surface area contributed by atoms with Gasteiger partial charge in [-0.2, -0.15) is 0 Å². The molecule has 0 fully saturated rings. The molecule has 0 bridgehead atoms. The fourth-order valence-electron chi connectivity index (χ4n) is 1.93. The van der Waals surface area contributed by atoms with Crippen molar-refractivity contribution in [1.82, 2.24) is 5.32 Å². The monoisotopic (exact) mass is 366 g/mol. The Morgan fingerprint density at radius 3 is 2.62 bits per heavy atom. The lowest BCUT2D eigenvalue weighted by atomic mass is 10.2. The lowest BCUT2D eigenvalue weighted by molar-refractivity contribution is -0.384. The Hall–Kier alpha value is -2.22. The predicted octanol–water partition coefficient (Wildman–Crippen LogP) is 3.83. The standard InChI is InChI=1S/C16H15ClN2O4S/c1-23-13(14-7-8-15(17)24-14)10-18-16(20)9-4-11-2-5-12(6-3-11)19(21)22/h2-9,13H,10H2,1H3,(H,18,20)/b9-4+. The molecule has 1 heterocycles. The van der Waals surface area contributed by atoms with Gasteiger partial charge in [0.05, 0.1) is 9.26 Å². The van der Waals surface area contributed by atoms with Crippen molar-refractivity contribution < 1.29 is 14.5 Å². The highest BCUT2D eigenvalue weighted by atomic mass is 35.5. The van der Waals surface area contributed by atoms with Crippen LogP contribution < -0.4 is 5.32 Å². The van der Waals surface area contributed by atoms with Gasteiger partial charge in [0, 0.05) is 36.7 Å². The van der Waals surface area contributed by atoms with Gasteiger partial charge in [-0.15, -0.1) is 11.3 Å². The average molecular weight is 367 g/mol. The van der Waals surface area contributed by atoms with Crippen LogP contribution in [0.4, 0.5) is 5.69 Å². The summed E-state index contributed by atoms with van der Waals surface area (Å²) in [5.74, 6) is -0.280. The first-order valence-corrected chi connectivity index (χ1v) is 8.17. The Morgan fingerprint density at radius 1 is 1.38 bits per heavy atom. The van der Waals surface area contributed by atoms with Gasteiger partial charge in [0.15, 0.2) is 0 Å². The summed E-state index contributed by atoms with van der Waals surface area (Å²) in [6.07, 6.45) is 2.69. The number of nitrogens with one attached hydrogen (secondary N) is 1. The highest BCUT2D eigenvalue weighted by Crippen LogP contribution is 2.28. The van der Waals surface area contributed by atoms with E-state index in [-0.39, 0.29) is 17.7 Å². The molecule has 0 saturated heterocycles. The second-order valence-corrected chi connectivity index (χ2v) is 6.54. The molecule has 0 spiro atoms. The predicted molar refractivity (Wildman–Crippen MR) is 94.2 cm³/mol. The van der Waals surface area contributed by atoms with E-state index >= 15 is 0 Å². The van der Waals surface area contributed by atoms with Gasteiger partial charge in [0.25, 0.3) is 5.69 Å². The number of carbonyl (C=O) groups excluding carboxylic acids is 1. The van der Waals surface area contributed by atoms with Crippen molar-refractivity contribution in [2.45, 2.75) is 6.10 Å². The minimum absolute atomic E-state index is 0.00847. The molecule has 126 valence electrons. The molecule has 1 N–H and O–H groups in total. The first-order chi connectivity index (χ1) is 11.5. The molecule has 1 amide bonds. The number of amides is 1. The van der Waals surface area contributed by atoms with Crippen LogP contribution in [0.15, 0.2) is 42.5 Å². The topological polar surface area (TPSA) is 81.5 Å². The molecule has 0 aliphatic heterocycles. The molecular weight excluding hydrogens is 352 g/mol. The minimum Gasteiger partial charge on any atom is -0.374 e. The van der Waals surface area contributed by atoms with Crippen LogP contribution >= 0.6 is 22.9 Å². The van der Waals surface area contributed by atoms with Crippen LogP contribution in [0.3, 0.4) is 0 Å². The van der Waals surface area contributed by atoms with Crippen molar-refractivity contribution in [2.75, 3.05) is 13.7 Å². The summed E-state index contributed by atoms with van der Waals surface area (Å²) < 4.78 is 6.01. The number of hydrogen-bond donors (Lipinski definition) is 1. The third kappa shape index (κ3) is 5.16. The van der Waals surface area contributed by atoms with Crippen molar-refractivity contribution in [3.05, 3.63) is 67.4 Å². The van der Waals surface area contributed by atoms with E-state index in [1.165, 1.54) is 29.5 Å². The Kier molecular flexibility index (Phi) is 6.48. The average Bonchev–Trinajstić information content (AvgIpc) is 3.00. The van der Waals surface area contributed by atoms with Gasteiger partial charge in [-0.1, -0.05) is 11.6 Å². The molecular formula is C16H15ClN2O4S. The zero-order chi connectivity index (χ0) is 17.5. The number of ether oxygens (including phenoxy) is 1. The number of methoxy groups -OCH3 is 1. The van der Waals surface area contributed by atoms with E-state index < -0.39 is 4.92 Å². The molecule has 0 aliphatic carbocycles. The van der Waals surface area contributed by atoms with Crippen molar-refractivity contribution >= 4 is 40.6 Å². The number of non-ortho nitro benzene ring substituents is 1. The fraction of sp³-hybridized carbons (Fsp3) is 0.188. The summed E-state index contributed by atoms with van der Waals surface area (Å²) >= 11 is 7.30. The summed E-state index contributed by atoms with van der Waals surface area (Å²) in [5.41, 5.74) is 0.707. The molecule has 8 heteroatoms. The molecule has 0 aliphatic rings. The van der Waals surface area contributed by atoms with Gasteiger partial charge in [0.2, 0.25) is 5.91 Å². The molecule has 2 rings (SSSR count). The molecule has 2 aromatic rings. The molecule has 1 aromatic heterocycles. The maximum Gasteiger partial charge on any atom is 0.269 e. The number of halogens is 1. The zero-order valence-electron chi connectivity index (χ0n) is 12.8. The van der Waals surface area contributed by atoms with E-state index in [1.807, 2.05) is 6.07 Å². The lowest BCUT2D eigenvalue weighted by Crippen LogP contribution is -2.27. The number of nitrogens with zero attached hydrogens (tertiary/aromatic N) is 1. The number of nitro benzene ring substituents is 1. The summed E-state index contributed by atoms with van der Waals surface area (Å²) in [5, 5.41) is 13.3. The SMILES string of the molecule is COC(CNC(=O)/C=C/c1ccc([N+](=O)[O-])cc1)c1ccc(Cl)s1. The van der Waals surface area contributed by atoms with Gasteiger partial charge in [-0.05, 0) is 35.9 Å². The second kappa shape index (κ2) is 8.58. The van der Waals surface area contributed by atoms with Crippen LogP contribution in [0.1, 0.15) is 16.5 Å². The molecule has 1 aromatic carbocycles. The summed E-state index contributed by atoms with van der Waals surface area (Å²) in [6.45, 7) is 0.316. The minimum atomic E-state index is -0.470. The van der Waals surface area contributed by atoms with Gasteiger partial charge in [-0.25, -0.2) is 0 Å². The second-order valence-electron chi connectivity index (χ2n) is 4.79. The zero-order valence-corrected chi connectivity index (χ0v) is 14.3. The fourth-order valence-corrected chi connectivity index (χ4v) is 3.07. The van der Waals surface area contributed by atoms with E-state index in [0.717, 1.165) is 4.88 Å². The highest BCUT2D eigenvalue weighted by Gasteiger charge is 2.13. The van der Waals surface area contributed by atoms with Gasteiger partial charge in [-0.3, -0.25) is 14.9 Å². The van der Waals surface area contributed by atoms with E-state index in [4.69, 9.17) is 16.3 Å². The van der Waals surface area contributed by atoms with E-state index in [0.29, 0.717) is 16.4 Å². The van der Waals surface area contributed by atoms with Crippen molar-refractivity contribution in [1.29, 1.82) is 0 Å². The van der Waals surface area contributed by atoms with E-state index in [1.54, 1.807) is 31.4 Å². The van der Waals surface area contributed by atoms with Crippen LogP contribution in [0.25, 0.3) is 6.08 Å². The third-order valence-electron chi connectivity index (χ3n) is 3.19. The Balaban J connectivity index is 1.89. The Labute approximate surface area is 147 Å². The van der Waals surface area contributed by atoms with Crippen molar-refractivity contribution in [3.63, 3.8) is 0 Å². The molecule has 0 saturated carbocycles. The van der Waals surface area contributed by atoms with Crippen LogP contribution in [0.5, 0.6) is 0 Å². The van der Waals surface area contributed by atoms with Crippen LogP contribution in [0, 0.1) is 10.1 Å². The van der Waals surface area contributed by atoms with Crippen LogP contribution in [0.2, 0.25) is 4.34 Å². The molecule has 0 radical (unpaired) electrons. The van der Waals surface area contributed by atoms with Crippen LogP contribution in [-0.2, 0) is 9.53 Å². The number of benzene rings is 1. The smallest absolute Gasteiger partial charge is 0.269 e. The van der Waals surface area contributed by atoms with Crippen molar-refractivity contribution in [2.24, 2.45) is 0 Å². The number of hydrogen-bond acceptors (Lipinski definition) is 5. The molecule has 24 heavy (non-hydrogen) atoms. The Bertz CT molecular complexity index is 743. The van der Waals surface area contributed by atoms with Crippen molar-refractivity contribution in [3.8, 4) is 0 Å². The number of nitro groups is 1. The quantitative estimate of drug-likeness (QED) is 0.458. The maximum absolute atomic E-state index is 11.9. The van der Waals surface area contributed by atoms with E-state index in [9.17, 15) is 14.9 Å². The highest BCUT2D eigenvalue weighted by molar-refractivity contribution is 7.16. The normalized spacial score (nSPS) is 12.2. The first-order valence-electron chi connectivity index (χ1n) is 6.98. The largest absolute Gasteiger partial charge is 0.374 e. The molecule has 1 unspecified atom stereocenters. The molecule has 1 atom stereocenters. The number of rotatable bonds is 7. The summed E-state index contributed by atoms with van der Waals surface area (Å²) in [6, 6.07) is 9.57. The third-order valence-corrected chi connectivity index (χ3v) is 4.51. The van der Waals surface area contributed by atoms with Gasteiger partial charge in [0.1, 0.15) is 6.10 Å². The van der Waals surface area contributed by atoms with Gasteiger partial charge >= 0.3 is 0 Å². The number of carbonyl (C=O) groups is 1. The lowest BCUT2D eigenvalue weighted by Gasteiger charge is -2.13. The van der Waals surface area contributed by atoms with Gasteiger partial charge < -0.3 is 10.1 Å². The van der Waals surface area contributed by atoms with E-state index in [2.05, 4.69) is 5.32 Å². The maximum atomic E-state index is 11.9. The Morgan fingerprint density at radius 2 is 2.08 bits per heavy atom. The number of thiophene rings is 1. The first kappa shape index (κ1) is 18.1. The summed E-state index contributed by atoms with van der Waals surface area (Å²) in [4.78, 5) is 22.9. The summed E-state index contributed by atoms with van der Waals surface area (Å²) in [7, 11) is 1.57.